The van der Waals surface area contributed by atoms with E-state index in [1.165, 1.54) is 16.1 Å². The van der Waals surface area contributed by atoms with Crippen LogP contribution >= 0.6 is 11.8 Å². The van der Waals surface area contributed by atoms with Gasteiger partial charge >= 0.3 is 0 Å². The summed E-state index contributed by atoms with van der Waals surface area (Å²) in [5, 5.41) is 13.6. The van der Waals surface area contributed by atoms with Crippen molar-refractivity contribution in [2.45, 2.75) is 43.5 Å². The number of aryl methyl sites for hydroxylation is 2. The molecule has 0 spiro atoms. The van der Waals surface area contributed by atoms with E-state index >= 15 is 0 Å². The van der Waals surface area contributed by atoms with Gasteiger partial charge < -0.3 is 4.52 Å². The molecule has 2 aromatic carbocycles. The van der Waals surface area contributed by atoms with E-state index in [4.69, 9.17) is 4.52 Å². The highest BCUT2D eigenvalue weighted by atomic mass is 32.2. The fourth-order valence-corrected chi connectivity index (χ4v) is 6.32. The molecule has 0 radical (unpaired) electrons. The van der Waals surface area contributed by atoms with Crippen LogP contribution in [0.15, 0.2) is 69.2 Å². The molecule has 0 fully saturated rings. The SMILES string of the molecule is CCN(CC)S(=O)(=O)c1cccc(-c2nnc(SCc3c(C)noc3C)n2-c2ccccc2)c1. The summed E-state index contributed by atoms with van der Waals surface area (Å²) in [6.07, 6.45) is 0. The van der Waals surface area contributed by atoms with Gasteiger partial charge in [0.25, 0.3) is 0 Å². The van der Waals surface area contributed by atoms with Crippen molar-refractivity contribution in [3.05, 3.63) is 71.6 Å². The highest BCUT2D eigenvalue weighted by Crippen LogP contribution is 2.32. The van der Waals surface area contributed by atoms with E-state index in [2.05, 4.69) is 15.4 Å². The van der Waals surface area contributed by atoms with E-state index in [1.54, 1.807) is 18.2 Å². The Morgan fingerprint density at radius 1 is 1.00 bits per heavy atom. The third-order valence-corrected chi connectivity index (χ3v) is 8.61. The summed E-state index contributed by atoms with van der Waals surface area (Å²) in [5.74, 6) is 1.98. The predicted molar refractivity (Wildman–Crippen MR) is 132 cm³/mol. The first-order chi connectivity index (χ1) is 16.4. The van der Waals surface area contributed by atoms with Crippen molar-refractivity contribution in [2.24, 2.45) is 0 Å². The van der Waals surface area contributed by atoms with Crippen LogP contribution in [0.3, 0.4) is 0 Å². The first-order valence-electron chi connectivity index (χ1n) is 11.0. The largest absolute Gasteiger partial charge is 0.361 e. The van der Waals surface area contributed by atoms with Gasteiger partial charge in [0.15, 0.2) is 11.0 Å². The number of rotatable bonds is 9. The number of benzene rings is 2. The lowest BCUT2D eigenvalue weighted by molar-refractivity contribution is 0.392. The Morgan fingerprint density at radius 2 is 1.74 bits per heavy atom. The monoisotopic (exact) mass is 497 g/mol. The lowest BCUT2D eigenvalue weighted by Crippen LogP contribution is -2.30. The summed E-state index contributed by atoms with van der Waals surface area (Å²) in [7, 11) is -3.60. The van der Waals surface area contributed by atoms with Crippen molar-refractivity contribution in [3.8, 4) is 17.1 Å². The van der Waals surface area contributed by atoms with E-state index in [0.29, 0.717) is 35.4 Å². The van der Waals surface area contributed by atoms with Gasteiger partial charge in [0, 0.05) is 35.7 Å². The Hall–Kier alpha value is -2.95. The van der Waals surface area contributed by atoms with Crippen LogP contribution in [-0.4, -0.2) is 45.7 Å². The standard InChI is InChI=1S/C24H27N5O3S2/c1-5-28(6-2)34(30,31)21-14-10-11-19(15-21)23-25-26-24(29(23)20-12-8-7-9-13-20)33-16-22-17(3)27-32-18(22)4/h7-15H,5-6,16H2,1-4H3. The van der Waals surface area contributed by atoms with E-state index in [1.807, 2.05) is 68.7 Å². The molecule has 34 heavy (non-hydrogen) atoms. The van der Waals surface area contributed by atoms with Crippen LogP contribution in [0.5, 0.6) is 0 Å². The molecule has 2 aromatic heterocycles. The van der Waals surface area contributed by atoms with Crippen molar-refractivity contribution in [3.63, 3.8) is 0 Å². The molecular formula is C24H27N5O3S2. The summed E-state index contributed by atoms with van der Waals surface area (Å²) in [5.41, 5.74) is 3.45. The maximum Gasteiger partial charge on any atom is 0.243 e. The van der Waals surface area contributed by atoms with Crippen molar-refractivity contribution in [1.29, 1.82) is 0 Å². The Balaban J connectivity index is 1.77. The lowest BCUT2D eigenvalue weighted by Gasteiger charge is -2.19. The topological polar surface area (TPSA) is 94.1 Å². The molecule has 178 valence electrons. The van der Waals surface area contributed by atoms with E-state index in [-0.39, 0.29) is 4.90 Å². The van der Waals surface area contributed by atoms with Gasteiger partial charge in [-0.05, 0) is 38.1 Å². The fourth-order valence-electron chi connectivity index (χ4n) is 3.71. The average molecular weight is 498 g/mol. The number of aromatic nitrogens is 4. The summed E-state index contributed by atoms with van der Waals surface area (Å²) in [6.45, 7) is 8.29. The first-order valence-corrected chi connectivity index (χ1v) is 13.4. The molecule has 2 heterocycles. The minimum Gasteiger partial charge on any atom is -0.361 e. The highest BCUT2D eigenvalue weighted by molar-refractivity contribution is 7.98. The van der Waals surface area contributed by atoms with Crippen LogP contribution in [0.2, 0.25) is 0 Å². The van der Waals surface area contributed by atoms with Gasteiger partial charge in [0.2, 0.25) is 10.0 Å². The van der Waals surface area contributed by atoms with Gasteiger partial charge in [-0.1, -0.05) is 61.1 Å². The fraction of sp³-hybridized carbons (Fsp3) is 0.292. The van der Waals surface area contributed by atoms with Crippen LogP contribution in [0.1, 0.15) is 30.9 Å². The summed E-state index contributed by atoms with van der Waals surface area (Å²) in [4.78, 5) is 0.237. The summed E-state index contributed by atoms with van der Waals surface area (Å²) < 4.78 is 34.9. The van der Waals surface area contributed by atoms with Crippen LogP contribution in [-0.2, 0) is 15.8 Å². The third-order valence-electron chi connectivity index (χ3n) is 5.61. The van der Waals surface area contributed by atoms with Crippen molar-refractivity contribution >= 4 is 21.8 Å². The van der Waals surface area contributed by atoms with Gasteiger partial charge in [0.05, 0.1) is 10.6 Å². The second-order valence-electron chi connectivity index (χ2n) is 7.69. The Bertz CT molecular complexity index is 1360. The summed E-state index contributed by atoms with van der Waals surface area (Å²) >= 11 is 1.53. The van der Waals surface area contributed by atoms with E-state index < -0.39 is 10.0 Å². The zero-order valence-corrected chi connectivity index (χ0v) is 21.2. The van der Waals surface area contributed by atoms with E-state index in [0.717, 1.165) is 22.7 Å². The molecule has 8 nitrogen and oxygen atoms in total. The smallest absolute Gasteiger partial charge is 0.243 e. The van der Waals surface area contributed by atoms with Gasteiger partial charge in [-0.25, -0.2) is 8.42 Å². The molecule has 0 aliphatic rings. The zero-order valence-electron chi connectivity index (χ0n) is 19.6. The molecule has 0 N–H and O–H groups in total. The molecule has 0 unspecified atom stereocenters. The number of hydrogen-bond acceptors (Lipinski definition) is 7. The third kappa shape index (κ3) is 4.66. The Morgan fingerprint density at radius 3 is 2.38 bits per heavy atom. The molecule has 0 aliphatic heterocycles. The molecule has 10 heteroatoms. The second kappa shape index (κ2) is 10.1. The second-order valence-corrected chi connectivity index (χ2v) is 10.6. The summed E-state index contributed by atoms with van der Waals surface area (Å²) in [6, 6.07) is 16.7. The maximum absolute atomic E-state index is 13.1. The quantitative estimate of drug-likeness (QED) is 0.305. The minimum absolute atomic E-state index is 0.237. The predicted octanol–water partition coefficient (Wildman–Crippen LogP) is 4.86. The van der Waals surface area contributed by atoms with Crippen molar-refractivity contribution < 1.29 is 12.9 Å². The lowest BCUT2D eigenvalue weighted by atomic mass is 10.2. The van der Waals surface area contributed by atoms with Crippen LogP contribution in [0.25, 0.3) is 17.1 Å². The van der Waals surface area contributed by atoms with Crippen molar-refractivity contribution in [2.75, 3.05) is 13.1 Å². The molecule has 4 aromatic rings. The number of thioether (sulfide) groups is 1. The normalized spacial score (nSPS) is 11.9. The number of hydrogen-bond donors (Lipinski definition) is 0. The van der Waals surface area contributed by atoms with Gasteiger partial charge in [0.1, 0.15) is 5.76 Å². The molecule has 0 bridgehead atoms. The van der Waals surface area contributed by atoms with Crippen molar-refractivity contribution in [1.82, 2.24) is 24.2 Å². The highest BCUT2D eigenvalue weighted by Gasteiger charge is 2.24. The molecular weight excluding hydrogens is 470 g/mol. The maximum atomic E-state index is 13.1. The van der Waals surface area contributed by atoms with Gasteiger partial charge in [-0.3, -0.25) is 4.57 Å². The van der Waals surface area contributed by atoms with Gasteiger partial charge in [-0.15, -0.1) is 10.2 Å². The molecule has 0 atom stereocenters. The van der Waals surface area contributed by atoms with Crippen LogP contribution in [0.4, 0.5) is 0 Å². The van der Waals surface area contributed by atoms with Crippen LogP contribution < -0.4 is 0 Å². The number of para-hydroxylation sites is 1. The Labute approximate surface area is 204 Å². The van der Waals surface area contributed by atoms with Crippen LogP contribution in [0, 0.1) is 13.8 Å². The molecule has 0 amide bonds. The first kappa shape index (κ1) is 24.2. The van der Waals surface area contributed by atoms with E-state index in [9.17, 15) is 8.42 Å². The molecule has 4 rings (SSSR count). The number of sulfonamides is 1. The molecule has 0 saturated heterocycles. The number of nitrogens with zero attached hydrogens (tertiary/aromatic N) is 5. The molecule has 0 aliphatic carbocycles. The van der Waals surface area contributed by atoms with Gasteiger partial charge in [-0.2, -0.15) is 4.31 Å². The average Bonchev–Trinajstić information content (AvgIpc) is 3.41. The Kier molecular flexibility index (Phi) is 7.20. The zero-order chi connectivity index (χ0) is 24.3. The minimum atomic E-state index is -3.60. The molecule has 0 saturated carbocycles.